The van der Waals surface area contributed by atoms with Crippen molar-refractivity contribution >= 4 is 17.0 Å². The van der Waals surface area contributed by atoms with Gasteiger partial charge in [0.2, 0.25) is 5.88 Å². The van der Waals surface area contributed by atoms with Gasteiger partial charge < -0.3 is 18.9 Å². The molecule has 6 rings (SSSR count). The molecule has 3 aromatic heterocycles. The number of carboxylic acid groups (broad SMARTS) is 1. The smallest absolute Gasteiger partial charge is 0.335 e. The molecular formula is C32H21F5N4O4. The average Bonchev–Trinajstić information content (AvgIpc) is 3.66. The van der Waals surface area contributed by atoms with Crippen LogP contribution in [-0.2, 0) is 19.6 Å². The quantitative estimate of drug-likeness (QED) is 0.160. The number of carboxylic acids is 1. The van der Waals surface area contributed by atoms with E-state index >= 15 is 8.78 Å². The van der Waals surface area contributed by atoms with E-state index in [0.29, 0.717) is 22.6 Å². The predicted molar refractivity (Wildman–Crippen MR) is 150 cm³/mol. The van der Waals surface area contributed by atoms with Crippen LogP contribution in [0.1, 0.15) is 45.0 Å². The number of nitrogens with zero attached hydrogens (tertiary/aromatic N) is 4. The minimum absolute atomic E-state index is 0.0125. The summed E-state index contributed by atoms with van der Waals surface area (Å²) in [6, 6.07) is 15.4. The minimum Gasteiger partial charge on any atom is -0.478 e. The second kappa shape index (κ2) is 12.2. The van der Waals surface area contributed by atoms with Crippen molar-refractivity contribution < 1.29 is 41.1 Å². The van der Waals surface area contributed by atoms with Crippen molar-refractivity contribution in [2.45, 2.75) is 26.0 Å². The third kappa shape index (κ3) is 6.23. The van der Waals surface area contributed by atoms with Gasteiger partial charge in [-0.2, -0.15) is 0 Å². The number of alkyl halides is 2. The van der Waals surface area contributed by atoms with Crippen molar-refractivity contribution in [2.24, 2.45) is 0 Å². The lowest BCUT2D eigenvalue weighted by molar-refractivity contribution is 0.0697. The highest BCUT2D eigenvalue weighted by atomic mass is 19.3. The number of hydrogen-bond donors (Lipinski definition) is 1. The second-order valence-corrected chi connectivity index (χ2v) is 10.0. The molecule has 0 spiro atoms. The Morgan fingerprint density at radius 3 is 2.47 bits per heavy atom. The van der Waals surface area contributed by atoms with E-state index in [1.165, 1.54) is 48.7 Å². The van der Waals surface area contributed by atoms with Crippen LogP contribution in [0.25, 0.3) is 22.3 Å². The first-order valence-electron chi connectivity index (χ1n) is 13.4. The first-order chi connectivity index (χ1) is 21.7. The van der Waals surface area contributed by atoms with Gasteiger partial charge in [0.05, 0.1) is 28.8 Å². The summed E-state index contributed by atoms with van der Waals surface area (Å²) < 4.78 is 82.8. The second-order valence-electron chi connectivity index (χ2n) is 10.0. The highest BCUT2D eigenvalue weighted by Crippen LogP contribution is 2.29. The van der Waals surface area contributed by atoms with Crippen LogP contribution >= 0.6 is 0 Å². The Bertz CT molecular complexity index is 2030. The molecule has 228 valence electrons. The maximum absolute atomic E-state index is 15.5. The van der Waals surface area contributed by atoms with Crippen LogP contribution in [0.5, 0.6) is 5.88 Å². The minimum atomic E-state index is -2.82. The molecule has 0 bridgehead atoms. The van der Waals surface area contributed by atoms with Gasteiger partial charge in [0, 0.05) is 35.2 Å². The molecule has 45 heavy (non-hydrogen) atoms. The summed E-state index contributed by atoms with van der Waals surface area (Å²) in [5.41, 5.74) is 0.906. The predicted octanol–water partition coefficient (Wildman–Crippen LogP) is 7.36. The van der Waals surface area contributed by atoms with E-state index in [-0.39, 0.29) is 53.4 Å². The van der Waals surface area contributed by atoms with Gasteiger partial charge in [0.15, 0.2) is 0 Å². The van der Waals surface area contributed by atoms with Crippen LogP contribution in [0.4, 0.5) is 22.0 Å². The Hall–Kier alpha value is -5.59. The maximum Gasteiger partial charge on any atom is 0.335 e. The lowest BCUT2D eigenvalue weighted by Crippen LogP contribution is -2.08. The first-order valence-corrected chi connectivity index (χ1v) is 13.4. The van der Waals surface area contributed by atoms with E-state index in [1.807, 2.05) is 0 Å². The van der Waals surface area contributed by atoms with E-state index in [2.05, 4.69) is 15.1 Å². The zero-order chi connectivity index (χ0) is 31.7. The maximum atomic E-state index is 15.5. The molecule has 6 aromatic rings. The number of fused-ring (bicyclic) bond motifs is 1. The molecule has 0 aliphatic rings. The van der Waals surface area contributed by atoms with Gasteiger partial charge in [-0.3, -0.25) is 0 Å². The van der Waals surface area contributed by atoms with Crippen LogP contribution in [0, 0.1) is 17.5 Å². The fourth-order valence-corrected chi connectivity index (χ4v) is 4.80. The van der Waals surface area contributed by atoms with Gasteiger partial charge >= 0.3 is 5.97 Å². The van der Waals surface area contributed by atoms with Gasteiger partial charge in [0.1, 0.15) is 41.8 Å². The Labute approximate surface area is 251 Å². The molecule has 8 nitrogen and oxygen atoms in total. The number of carbonyl (C=O) groups is 1. The Morgan fingerprint density at radius 2 is 1.73 bits per heavy atom. The molecule has 3 heterocycles. The SMILES string of the molecule is O=C(O)c1ccc2nc(Cc3cc(F)c(-c4cccc(OCc5ccc(C(F)F)cc5F)n4)cc3F)n(Cc3ccon3)c2c1. The summed E-state index contributed by atoms with van der Waals surface area (Å²) >= 11 is 0. The number of rotatable bonds is 10. The fourth-order valence-electron chi connectivity index (χ4n) is 4.80. The van der Waals surface area contributed by atoms with Crippen molar-refractivity contribution in [3.8, 4) is 17.1 Å². The number of aromatic carboxylic acids is 1. The lowest BCUT2D eigenvalue weighted by atomic mass is 10.0. The zero-order valence-electron chi connectivity index (χ0n) is 23.1. The normalized spacial score (nSPS) is 11.4. The third-order valence-electron chi connectivity index (χ3n) is 7.07. The van der Waals surface area contributed by atoms with Gasteiger partial charge in [-0.15, -0.1) is 0 Å². The Morgan fingerprint density at radius 1 is 0.911 bits per heavy atom. The standard InChI is InChI=1S/C32H21F5N4O4/c33-23-10-17(31(36)37)4-5-19(23)16-44-30-3-1-2-26(39-30)22-14-24(34)20(11-25(22)35)13-29-38-27-7-6-18(32(42)43)12-28(27)41(29)15-21-8-9-45-40-21/h1-12,14,31H,13,15-16H2,(H,42,43). The largest absolute Gasteiger partial charge is 0.478 e. The zero-order valence-corrected chi connectivity index (χ0v) is 23.1. The third-order valence-corrected chi connectivity index (χ3v) is 7.07. The number of benzene rings is 3. The van der Waals surface area contributed by atoms with Gasteiger partial charge in [-0.1, -0.05) is 23.4 Å². The van der Waals surface area contributed by atoms with Gasteiger partial charge in [0.25, 0.3) is 6.43 Å². The van der Waals surface area contributed by atoms with Crippen molar-refractivity contribution in [1.82, 2.24) is 19.7 Å². The van der Waals surface area contributed by atoms with Gasteiger partial charge in [-0.05, 0) is 48.0 Å². The number of pyridine rings is 1. The molecule has 0 fully saturated rings. The Kier molecular flexibility index (Phi) is 7.98. The molecule has 0 aliphatic carbocycles. The summed E-state index contributed by atoms with van der Waals surface area (Å²) in [6.07, 6.45) is -1.57. The van der Waals surface area contributed by atoms with Crippen molar-refractivity contribution in [3.05, 3.63) is 130 Å². The van der Waals surface area contributed by atoms with Crippen LogP contribution in [0.3, 0.4) is 0 Å². The van der Waals surface area contributed by atoms with E-state index < -0.39 is 35.4 Å². The van der Waals surface area contributed by atoms with Crippen LogP contribution in [-0.4, -0.2) is 30.8 Å². The van der Waals surface area contributed by atoms with Gasteiger partial charge in [-0.25, -0.2) is 36.7 Å². The van der Waals surface area contributed by atoms with E-state index in [1.54, 1.807) is 10.6 Å². The molecule has 13 heteroatoms. The van der Waals surface area contributed by atoms with Crippen molar-refractivity contribution in [3.63, 3.8) is 0 Å². The summed E-state index contributed by atoms with van der Waals surface area (Å²) in [6.45, 7) is -0.185. The molecule has 0 unspecified atom stereocenters. The number of aromatic nitrogens is 4. The van der Waals surface area contributed by atoms with E-state index in [9.17, 15) is 23.1 Å². The highest BCUT2D eigenvalue weighted by Gasteiger charge is 2.19. The van der Waals surface area contributed by atoms with Crippen LogP contribution in [0.15, 0.2) is 83.6 Å². The number of ether oxygens (including phenoxy) is 1. The summed E-state index contributed by atoms with van der Waals surface area (Å²) in [4.78, 5) is 20.3. The summed E-state index contributed by atoms with van der Waals surface area (Å²) in [5.74, 6) is -3.21. The van der Waals surface area contributed by atoms with Crippen LogP contribution in [0.2, 0.25) is 0 Å². The van der Waals surface area contributed by atoms with E-state index in [0.717, 1.165) is 24.3 Å². The Balaban J connectivity index is 1.26. The van der Waals surface area contributed by atoms with Crippen LogP contribution < -0.4 is 4.74 Å². The number of imidazole rings is 1. The van der Waals surface area contributed by atoms with Crippen molar-refractivity contribution in [2.75, 3.05) is 0 Å². The number of hydrogen-bond acceptors (Lipinski definition) is 6. The molecule has 1 N–H and O–H groups in total. The average molecular weight is 621 g/mol. The topological polar surface area (TPSA) is 103 Å². The molecule has 0 saturated carbocycles. The monoisotopic (exact) mass is 620 g/mol. The fraction of sp³-hybridized carbons (Fsp3) is 0.125. The summed E-state index contributed by atoms with van der Waals surface area (Å²) in [5, 5.41) is 13.4. The molecule has 3 aromatic carbocycles. The molecule has 0 aliphatic heterocycles. The summed E-state index contributed by atoms with van der Waals surface area (Å²) in [7, 11) is 0. The van der Waals surface area contributed by atoms with Crippen molar-refractivity contribution in [1.29, 1.82) is 0 Å². The molecule has 0 atom stereocenters. The first kappa shape index (κ1) is 29.5. The molecular weight excluding hydrogens is 599 g/mol. The molecule has 0 amide bonds. The highest BCUT2D eigenvalue weighted by molar-refractivity contribution is 5.92. The lowest BCUT2D eigenvalue weighted by Gasteiger charge is -2.12. The molecule has 0 radical (unpaired) electrons. The molecule has 0 saturated heterocycles. The number of halogens is 5. The van der Waals surface area contributed by atoms with E-state index in [4.69, 9.17) is 9.26 Å².